The first kappa shape index (κ1) is 13.2. The maximum Gasteiger partial charge on any atom is 0.272 e. The van der Waals surface area contributed by atoms with E-state index >= 15 is 0 Å². The Balaban J connectivity index is 2.73. The first-order chi connectivity index (χ1) is 8.00. The molecule has 0 saturated carbocycles. The smallest absolute Gasteiger partial charge is 0.272 e. The van der Waals surface area contributed by atoms with E-state index in [1.807, 2.05) is 6.07 Å². The molecule has 0 radical (unpaired) electrons. The zero-order valence-electron chi connectivity index (χ0n) is 10.8. The number of carbonyl (C=O) groups is 1. The normalized spacial score (nSPS) is 9.65. The highest BCUT2D eigenvalue weighted by atomic mass is 16.2. The first-order valence-electron chi connectivity index (χ1n) is 5.55. The largest absolute Gasteiger partial charge is 0.381 e. The molecule has 0 bridgehead atoms. The second kappa shape index (κ2) is 6.03. The standard InChI is InChI=1S/C13H19N3O/c1-10(2)5-7-14-11-6-8-15-12(9-11)13(17)16(3)4/h5-6,8-9H,7H2,1-4H3,(H,14,15). The first-order valence-corrected chi connectivity index (χ1v) is 5.55. The summed E-state index contributed by atoms with van der Waals surface area (Å²) in [4.78, 5) is 17.3. The van der Waals surface area contributed by atoms with Crippen LogP contribution in [0.3, 0.4) is 0 Å². The van der Waals surface area contributed by atoms with Gasteiger partial charge in [-0.1, -0.05) is 11.6 Å². The number of anilines is 1. The summed E-state index contributed by atoms with van der Waals surface area (Å²) >= 11 is 0. The van der Waals surface area contributed by atoms with E-state index in [9.17, 15) is 4.79 Å². The zero-order valence-corrected chi connectivity index (χ0v) is 10.8. The molecule has 0 fully saturated rings. The van der Waals surface area contributed by atoms with Crippen molar-refractivity contribution in [3.05, 3.63) is 35.7 Å². The van der Waals surface area contributed by atoms with E-state index in [0.29, 0.717) is 5.69 Å². The predicted octanol–water partition coefficient (Wildman–Crippen LogP) is 2.16. The summed E-state index contributed by atoms with van der Waals surface area (Å²) in [7, 11) is 3.43. The van der Waals surface area contributed by atoms with Crippen LogP contribution in [-0.4, -0.2) is 36.4 Å². The Morgan fingerprint density at radius 1 is 1.47 bits per heavy atom. The van der Waals surface area contributed by atoms with Crippen LogP contribution in [0.2, 0.25) is 0 Å². The minimum absolute atomic E-state index is 0.0872. The summed E-state index contributed by atoms with van der Waals surface area (Å²) in [6.45, 7) is 4.85. The number of carbonyl (C=O) groups excluding carboxylic acids is 1. The molecule has 4 nitrogen and oxygen atoms in total. The van der Waals surface area contributed by atoms with Crippen molar-refractivity contribution in [2.24, 2.45) is 0 Å². The summed E-state index contributed by atoms with van der Waals surface area (Å²) in [6.07, 6.45) is 3.73. The molecular weight excluding hydrogens is 214 g/mol. The maximum atomic E-state index is 11.7. The van der Waals surface area contributed by atoms with Gasteiger partial charge >= 0.3 is 0 Å². The number of hydrogen-bond acceptors (Lipinski definition) is 3. The molecule has 17 heavy (non-hydrogen) atoms. The fourth-order valence-electron chi connectivity index (χ4n) is 1.26. The van der Waals surface area contributed by atoms with Crippen LogP contribution < -0.4 is 5.32 Å². The molecule has 0 spiro atoms. The molecule has 1 rings (SSSR count). The summed E-state index contributed by atoms with van der Waals surface area (Å²) in [5.41, 5.74) is 2.62. The van der Waals surface area contributed by atoms with Crippen LogP contribution in [-0.2, 0) is 0 Å². The lowest BCUT2D eigenvalue weighted by molar-refractivity contribution is 0.0822. The van der Waals surface area contributed by atoms with Gasteiger partial charge in [-0.05, 0) is 26.0 Å². The molecule has 0 atom stereocenters. The molecule has 1 aromatic rings. The minimum Gasteiger partial charge on any atom is -0.381 e. The van der Waals surface area contributed by atoms with Gasteiger partial charge in [-0.2, -0.15) is 0 Å². The van der Waals surface area contributed by atoms with Gasteiger partial charge in [0.1, 0.15) is 5.69 Å². The number of nitrogens with zero attached hydrogens (tertiary/aromatic N) is 2. The van der Waals surface area contributed by atoms with E-state index in [-0.39, 0.29) is 5.91 Å². The quantitative estimate of drug-likeness (QED) is 0.811. The summed E-state index contributed by atoms with van der Waals surface area (Å²) in [5.74, 6) is -0.0872. The zero-order chi connectivity index (χ0) is 12.8. The highest BCUT2D eigenvalue weighted by Crippen LogP contribution is 2.09. The summed E-state index contributed by atoms with van der Waals surface area (Å²) < 4.78 is 0. The highest BCUT2D eigenvalue weighted by Gasteiger charge is 2.09. The number of hydrogen-bond donors (Lipinski definition) is 1. The predicted molar refractivity (Wildman–Crippen MR) is 70.2 cm³/mol. The Hall–Kier alpha value is -1.84. The SMILES string of the molecule is CC(C)=CCNc1ccnc(C(=O)N(C)C)c1. The number of rotatable bonds is 4. The molecule has 1 N–H and O–H groups in total. The number of nitrogens with one attached hydrogen (secondary N) is 1. The van der Waals surface area contributed by atoms with E-state index < -0.39 is 0 Å². The van der Waals surface area contributed by atoms with Gasteiger partial charge in [-0.25, -0.2) is 0 Å². The van der Waals surface area contributed by atoms with Crippen LogP contribution >= 0.6 is 0 Å². The fraction of sp³-hybridized carbons (Fsp3) is 0.385. The molecule has 0 aliphatic carbocycles. The average molecular weight is 233 g/mol. The van der Waals surface area contributed by atoms with Gasteiger partial charge in [-0.15, -0.1) is 0 Å². The Bertz CT molecular complexity index is 420. The average Bonchev–Trinajstić information content (AvgIpc) is 2.28. The van der Waals surface area contributed by atoms with Crippen LogP contribution in [0, 0.1) is 0 Å². The van der Waals surface area contributed by atoms with Crippen molar-refractivity contribution in [1.82, 2.24) is 9.88 Å². The fourth-order valence-corrected chi connectivity index (χ4v) is 1.26. The van der Waals surface area contributed by atoms with Gasteiger partial charge in [0, 0.05) is 32.5 Å². The maximum absolute atomic E-state index is 11.7. The van der Waals surface area contributed by atoms with Crippen molar-refractivity contribution in [3.8, 4) is 0 Å². The Morgan fingerprint density at radius 3 is 2.76 bits per heavy atom. The van der Waals surface area contributed by atoms with Crippen LogP contribution in [0.4, 0.5) is 5.69 Å². The third-order valence-corrected chi connectivity index (χ3v) is 2.20. The molecule has 1 heterocycles. The third kappa shape index (κ3) is 4.26. The number of allylic oxidation sites excluding steroid dienone is 1. The van der Waals surface area contributed by atoms with Crippen LogP contribution in [0.1, 0.15) is 24.3 Å². The Kier molecular flexibility index (Phi) is 4.69. The van der Waals surface area contributed by atoms with E-state index in [1.165, 1.54) is 10.5 Å². The molecule has 1 amide bonds. The van der Waals surface area contributed by atoms with Gasteiger partial charge in [-0.3, -0.25) is 9.78 Å². The van der Waals surface area contributed by atoms with Crippen LogP contribution in [0.5, 0.6) is 0 Å². The molecular formula is C13H19N3O. The van der Waals surface area contributed by atoms with Crippen molar-refractivity contribution in [2.45, 2.75) is 13.8 Å². The highest BCUT2D eigenvalue weighted by molar-refractivity contribution is 5.92. The number of amides is 1. The second-order valence-corrected chi connectivity index (χ2v) is 4.29. The van der Waals surface area contributed by atoms with Crippen molar-refractivity contribution in [2.75, 3.05) is 26.0 Å². The van der Waals surface area contributed by atoms with Gasteiger partial charge in [0.15, 0.2) is 0 Å². The Morgan fingerprint density at radius 2 is 2.18 bits per heavy atom. The van der Waals surface area contributed by atoms with Gasteiger partial charge < -0.3 is 10.2 Å². The molecule has 4 heteroatoms. The van der Waals surface area contributed by atoms with Crippen molar-refractivity contribution in [3.63, 3.8) is 0 Å². The van der Waals surface area contributed by atoms with Gasteiger partial charge in [0.25, 0.3) is 5.91 Å². The summed E-state index contributed by atoms with van der Waals surface area (Å²) in [5, 5.41) is 3.22. The molecule has 92 valence electrons. The van der Waals surface area contributed by atoms with Crippen molar-refractivity contribution < 1.29 is 4.79 Å². The molecule has 0 aliphatic rings. The third-order valence-electron chi connectivity index (χ3n) is 2.20. The topological polar surface area (TPSA) is 45.2 Å². The summed E-state index contributed by atoms with van der Waals surface area (Å²) in [6, 6.07) is 3.62. The lowest BCUT2D eigenvalue weighted by Gasteiger charge is -2.10. The van der Waals surface area contributed by atoms with Gasteiger partial charge in [0.2, 0.25) is 0 Å². The number of aromatic nitrogens is 1. The molecule has 0 aromatic carbocycles. The van der Waals surface area contributed by atoms with Crippen molar-refractivity contribution >= 4 is 11.6 Å². The molecule has 0 unspecified atom stereocenters. The van der Waals surface area contributed by atoms with E-state index in [4.69, 9.17) is 0 Å². The molecule has 1 aromatic heterocycles. The monoisotopic (exact) mass is 233 g/mol. The van der Waals surface area contributed by atoms with Crippen LogP contribution in [0.25, 0.3) is 0 Å². The van der Waals surface area contributed by atoms with Crippen molar-refractivity contribution in [1.29, 1.82) is 0 Å². The Labute approximate surface area is 102 Å². The van der Waals surface area contributed by atoms with Gasteiger partial charge in [0.05, 0.1) is 0 Å². The second-order valence-electron chi connectivity index (χ2n) is 4.29. The molecule has 0 aliphatic heterocycles. The lowest BCUT2D eigenvalue weighted by Crippen LogP contribution is -2.22. The lowest BCUT2D eigenvalue weighted by atomic mass is 10.3. The minimum atomic E-state index is -0.0872. The van der Waals surface area contributed by atoms with E-state index in [0.717, 1.165) is 12.2 Å². The molecule has 0 saturated heterocycles. The van der Waals surface area contributed by atoms with E-state index in [2.05, 4.69) is 30.2 Å². The number of pyridine rings is 1. The van der Waals surface area contributed by atoms with E-state index in [1.54, 1.807) is 26.4 Å². The van der Waals surface area contributed by atoms with Crippen LogP contribution in [0.15, 0.2) is 30.0 Å².